The Morgan fingerprint density at radius 2 is 1.86 bits per heavy atom. The number of carboxylic acids is 1. The van der Waals surface area contributed by atoms with Crippen LogP contribution in [0, 0.1) is 0 Å². The van der Waals surface area contributed by atoms with E-state index >= 15 is 0 Å². The Morgan fingerprint density at radius 3 is 2.57 bits per heavy atom. The minimum atomic E-state index is -0.857. The predicted molar refractivity (Wildman–Crippen MR) is 82.8 cm³/mol. The summed E-state index contributed by atoms with van der Waals surface area (Å²) < 4.78 is 2.07. The van der Waals surface area contributed by atoms with Gasteiger partial charge in [0.25, 0.3) is 0 Å². The maximum Gasteiger partial charge on any atom is 0.337 e. The van der Waals surface area contributed by atoms with E-state index in [-0.39, 0.29) is 0 Å². The summed E-state index contributed by atoms with van der Waals surface area (Å²) in [7, 11) is 2.15. The number of carbonyl (C=O) groups is 1. The fourth-order valence-corrected chi connectivity index (χ4v) is 2.92. The molecule has 5 nitrogen and oxygen atoms in total. The number of para-hydroxylation sites is 1. The predicted octanol–water partition coefficient (Wildman–Crippen LogP) is 1.59. The Hall–Kier alpha value is -1.85. The molecule has 112 valence electrons. The summed E-state index contributed by atoms with van der Waals surface area (Å²) in [5.74, 6) is -0.857. The third-order valence-corrected chi connectivity index (χ3v) is 4.27. The average Bonchev–Trinajstić information content (AvgIpc) is 2.86. The third-order valence-electron chi connectivity index (χ3n) is 4.27. The molecule has 0 saturated carbocycles. The molecular formula is C16H21N3O2. The first-order valence-electron chi connectivity index (χ1n) is 7.37. The number of nitrogens with zero attached hydrogens (tertiary/aromatic N) is 3. The quantitative estimate of drug-likeness (QED) is 0.927. The fourth-order valence-electron chi connectivity index (χ4n) is 2.92. The molecule has 1 fully saturated rings. The second-order valence-corrected chi connectivity index (χ2v) is 5.70. The van der Waals surface area contributed by atoms with E-state index in [0.29, 0.717) is 5.56 Å². The van der Waals surface area contributed by atoms with Crippen molar-refractivity contribution >= 4 is 16.9 Å². The smallest absolute Gasteiger partial charge is 0.337 e. The molecule has 2 aromatic rings. The number of hydrogen-bond donors (Lipinski definition) is 1. The molecule has 0 aliphatic carbocycles. The molecule has 0 spiro atoms. The van der Waals surface area contributed by atoms with E-state index < -0.39 is 5.97 Å². The Balaban J connectivity index is 1.76. The van der Waals surface area contributed by atoms with Gasteiger partial charge in [0.05, 0.1) is 5.56 Å². The molecule has 1 saturated heterocycles. The molecular weight excluding hydrogens is 266 g/mol. The largest absolute Gasteiger partial charge is 0.478 e. The van der Waals surface area contributed by atoms with Crippen molar-refractivity contribution in [1.82, 2.24) is 14.4 Å². The highest BCUT2D eigenvalue weighted by Gasteiger charge is 2.16. The Kier molecular flexibility index (Phi) is 3.94. The van der Waals surface area contributed by atoms with Gasteiger partial charge in [-0.2, -0.15) is 0 Å². The minimum absolute atomic E-state index is 0.393. The maximum absolute atomic E-state index is 11.3. The van der Waals surface area contributed by atoms with Crippen molar-refractivity contribution in [2.75, 3.05) is 39.8 Å². The number of likely N-dealkylation sites (N-methyl/N-ethyl adjacent to an activating group) is 1. The lowest BCUT2D eigenvalue weighted by Crippen LogP contribution is -2.45. The van der Waals surface area contributed by atoms with Crippen LogP contribution in [0.5, 0.6) is 0 Å². The van der Waals surface area contributed by atoms with E-state index in [9.17, 15) is 9.90 Å². The van der Waals surface area contributed by atoms with Gasteiger partial charge < -0.3 is 14.6 Å². The molecule has 0 atom stereocenters. The second kappa shape index (κ2) is 5.87. The lowest BCUT2D eigenvalue weighted by Gasteiger charge is -2.32. The summed E-state index contributed by atoms with van der Waals surface area (Å²) in [6.45, 7) is 6.17. The Labute approximate surface area is 124 Å². The van der Waals surface area contributed by atoms with Crippen molar-refractivity contribution in [1.29, 1.82) is 0 Å². The van der Waals surface area contributed by atoms with Gasteiger partial charge >= 0.3 is 5.97 Å². The second-order valence-electron chi connectivity index (χ2n) is 5.70. The van der Waals surface area contributed by atoms with Crippen molar-refractivity contribution in [3.05, 3.63) is 36.0 Å². The van der Waals surface area contributed by atoms with Crippen LogP contribution in [-0.2, 0) is 6.54 Å². The molecule has 5 heteroatoms. The van der Waals surface area contributed by atoms with Crippen LogP contribution in [0.2, 0.25) is 0 Å². The van der Waals surface area contributed by atoms with E-state index in [1.165, 1.54) is 0 Å². The molecule has 0 unspecified atom stereocenters. The van der Waals surface area contributed by atoms with Crippen molar-refractivity contribution in [2.45, 2.75) is 6.54 Å². The summed E-state index contributed by atoms with van der Waals surface area (Å²) in [5, 5.41) is 10.1. The highest BCUT2D eigenvalue weighted by molar-refractivity contribution is 6.03. The van der Waals surface area contributed by atoms with Gasteiger partial charge in [0, 0.05) is 56.4 Å². The summed E-state index contributed by atoms with van der Waals surface area (Å²) >= 11 is 0. The zero-order valence-electron chi connectivity index (χ0n) is 12.3. The highest BCUT2D eigenvalue weighted by atomic mass is 16.4. The molecule has 1 aromatic heterocycles. The van der Waals surface area contributed by atoms with E-state index in [1.54, 1.807) is 6.20 Å². The highest BCUT2D eigenvalue weighted by Crippen LogP contribution is 2.21. The van der Waals surface area contributed by atoms with Crippen LogP contribution >= 0.6 is 0 Å². The summed E-state index contributed by atoms with van der Waals surface area (Å²) in [6, 6.07) is 7.72. The topological polar surface area (TPSA) is 48.7 Å². The molecule has 0 amide bonds. The SMILES string of the molecule is CN1CCN(CCn2cc(C(=O)O)c3ccccc32)CC1. The molecule has 1 N–H and O–H groups in total. The molecule has 1 aliphatic heterocycles. The number of fused-ring (bicyclic) bond motifs is 1. The molecule has 21 heavy (non-hydrogen) atoms. The van der Waals surface area contributed by atoms with Gasteiger partial charge in [-0.05, 0) is 13.1 Å². The van der Waals surface area contributed by atoms with E-state index in [4.69, 9.17) is 0 Å². The van der Waals surface area contributed by atoms with Gasteiger partial charge in [-0.15, -0.1) is 0 Å². The Bertz CT molecular complexity index is 642. The van der Waals surface area contributed by atoms with E-state index in [2.05, 4.69) is 21.4 Å². The van der Waals surface area contributed by atoms with Gasteiger partial charge in [-0.25, -0.2) is 4.79 Å². The van der Waals surface area contributed by atoms with Gasteiger partial charge in [-0.1, -0.05) is 18.2 Å². The lowest BCUT2D eigenvalue weighted by molar-refractivity contribution is 0.0698. The number of carboxylic acid groups (broad SMARTS) is 1. The van der Waals surface area contributed by atoms with Gasteiger partial charge in [-0.3, -0.25) is 4.90 Å². The number of rotatable bonds is 4. The minimum Gasteiger partial charge on any atom is -0.478 e. The zero-order valence-corrected chi connectivity index (χ0v) is 12.3. The van der Waals surface area contributed by atoms with Crippen molar-refractivity contribution < 1.29 is 9.90 Å². The number of benzene rings is 1. The maximum atomic E-state index is 11.3. The normalized spacial score (nSPS) is 17.4. The fraction of sp³-hybridized carbons (Fsp3) is 0.438. The monoisotopic (exact) mass is 287 g/mol. The molecule has 1 aliphatic rings. The van der Waals surface area contributed by atoms with Crippen LogP contribution in [0.25, 0.3) is 10.9 Å². The first-order chi connectivity index (χ1) is 10.1. The van der Waals surface area contributed by atoms with Crippen molar-refractivity contribution in [2.24, 2.45) is 0 Å². The molecule has 0 radical (unpaired) electrons. The summed E-state index contributed by atoms with van der Waals surface area (Å²) in [6.07, 6.45) is 1.77. The standard InChI is InChI=1S/C16H21N3O2/c1-17-6-8-18(9-7-17)10-11-19-12-14(16(20)21)13-4-2-3-5-15(13)19/h2-5,12H,6-11H2,1H3,(H,20,21). The molecule has 2 heterocycles. The Morgan fingerprint density at radius 1 is 1.14 bits per heavy atom. The number of aromatic carboxylic acids is 1. The van der Waals surface area contributed by atoms with Crippen LogP contribution in [0.4, 0.5) is 0 Å². The van der Waals surface area contributed by atoms with Gasteiger partial charge in [0.2, 0.25) is 0 Å². The number of piperazine rings is 1. The van der Waals surface area contributed by atoms with E-state index in [1.807, 2.05) is 24.3 Å². The molecule has 1 aromatic carbocycles. The third kappa shape index (κ3) is 2.94. The number of aromatic nitrogens is 1. The van der Waals surface area contributed by atoms with Crippen molar-refractivity contribution in [3.8, 4) is 0 Å². The van der Waals surface area contributed by atoms with Crippen molar-refractivity contribution in [3.63, 3.8) is 0 Å². The van der Waals surface area contributed by atoms with Crippen LogP contribution < -0.4 is 0 Å². The first-order valence-corrected chi connectivity index (χ1v) is 7.37. The average molecular weight is 287 g/mol. The van der Waals surface area contributed by atoms with Crippen LogP contribution in [-0.4, -0.2) is 65.2 Å². The van der Waals surface area contributed by atoms with Gasteiger partial charge in [0.15, 0.2) is 0 Å². The van der Waals surface area contributed by atoms with Gasteiger partial charge in [0.1, 0.15) is 0 Å². The van der Waals surface area contributed by atoms with Crippen LogP contribution in [0.3, 0.4) is 0 Å². The summed E-state index contributed by atoms with van der Waals surface area (Å²) in [4.78, 5) is 16.1. The molecule has 0 bridgehead atoms. The lowest BCUT2D eigenvalue weighted by atomic mass is 10.2. The summed E-state index contributed by atoms with van der Waals surface area (Å²) in [5.41, 5.74) is 1.40. The first kappa shape index (κ1) is 14.1. The zero-order chi connectivity index (χ0) is 14.8. The number of hydrogen-bond acceptors (Lipinski definition) is 3. The van der Waals surface area contributed by atoms with Crippen LogP contribution in [0.1, 0.15) is 10.4 Å². The van der Waals surface area contributed by atoms with Crippen LogP contribution in [0.15, 0.2) is 30.5 Å². The molecule has 3 rings (SSSR count). The van der Waals surface area contributed by atoms with E-state index in [0.717, 1.165) is 50.2 Å².